The number of hydrogen-bond acceptors (Lipinski definition) is 8. The van der Waals surface area contributed by atoms with Crippen LogP contribution in [0.2, 0.25) is 0 Å². The zero-order valence-corrected chi connectivity index (χ0v) is 17.7. The van der Waals surface area contributed by atoms with Gasteiger partial charge in [0.1, 0.15) is 5.82 Å². The zero-order chi connectivity index (χ0) is 21.6. The molecule has 2 aromatic heterocycles. The normalized spacial score (nSPS) is 13.9. The van der Waals surface area contributed by atoms with E-state index in [2.05, 4.69) is 30.0 Å². The van der Waals surface area contributed by atoms with Crippen molar-refractivity contribution in [2.75, 3.05) is 22.9 Å². The van der Waals surface area contributed by atoms with Crippen LogP contribution in [0.5, 0.6) is 0 Å². The van der Waals surface area contributed by atoms with Gasteiger partial charge in [0.15, 0.2) is 0 Å². The van der Waals surface area contributed by atoms with E-state index in [9.17, 15) is 17.9 Å². The Morgan fingerprint density at radius 3 is 2.45 bits per heavy atom. The Bertz CT molecular complexity index is 926. The Balaban J connectivity index is 2.30. The van der Waals surface area contributed by atoms with E-state index >= 15 is 0 Å². The number of nitrogens with one attached hydrogen (secondary N) is 2. The van der Waals surface area contributed by atoms with Crippen molar-refractivity contribution < 1.29 is 17.9 Å². The number of pyridine rings is 1. The SMILES string of the molecule is CC(C)C[C@H](CO)Nc1nc(C[C@@H](C)c2ccnc(F)c2)nc(NS(C)(=O)=O)n1. The highest BCUT2D eigenvalue weighted by atomic mass is 32.2. The first kappa shape index (κ1) is 22.9. The second kappa shape index (κ2) is 9.88. The van der Waals surface area contributed by atoms with Crippen LogP contribution in [0.25, 0.3) is 0 Å². The molecule has 29 heavy (non-hydrogen) atoms. The predicted molar refractivity (Wildman–Crippen MR) is 109 cm³/mol. The molecule has 2 atom stereocenters. The van der Waals surface area contributed by atoms with Crippen molar-refractivity contribution in [2.45, 2.75) is 45.6 Å². The Morgan fingerprint density at radius 2 is 1.86 bits per heavy atom. The van der Waals surface area contributed by atoms with Crippen molar-refractivity contribution in [2.24, 2.45) is 5.92 Å². The second-order valence-electron chi connectivity index (χ2n) is 7.44. The summed E-state index contributed by atoms with van der Waals surface area (Å²) >= 11 is 0. The van der Waals surface area contributed by atoms with Gasteiger partial charge in [-0.3, -0.25) is 4.72 Å². The average Bonchev–Trinajstić information content (AvgIpc) is 2.59. The van der Waals surface area contributed by atoms with E-state index in [-0.39, 0.29) is 30.5 Å². The predicted octanol–water partition coefficient (Wildman–Crippen LogP) is 1.94. The third kappa shape index (κ3) is 7.86. The second-order valence-corrected chi connectivity index (χ2v) is 9.19. The fourth-order valence-electron chi connectivity index (χ4n) is 2.83. The van der Waals surface area contributed by atoms with Crippen LogP contribution in [0.3, 0.4) is 0 Å². The Morgan fingerprint density at radius 1 is 1.17 bits per heavy atom. The fourth-order valence-corrected chi connectivity index (χ4v) is 3.26. The number of aromatic nitrogens is 4. The fraction of sp³-hybridized carbons (Fsp3) is 0.556. The van der Waals surface area contributed by atoms with Crippen LogP contribution in [-0.2, 0) is 16.4 Å². The third-order valence-electron chi connectivity index (χ3n) is 4.08. The van der Waals surface area contributed by atoms with Crippen LogP contribution in [0.1, 0.15) is 44.5 Å². The maximum absolute atomic E-state index is 13.4. The van der Waals surface area contributed by atoms with E-state index in [0.29, 0.717) is 24.6 Å². The molecule has 2 rings (SSSR count). The quantitative estimate of drug-likeness (QED) is 0.492. The monoisotopic (exact) mass is 426 g/mol. The lowest BCUT2D eigenvalue weighted by Gasteiger charge is -2.19. The van der Waals surface area contributed by atoms with Gasteiger partial charge in [-0.25, -0.2) is 13.4 Å². The number of aliphatic hydroxyl groups excluding tert-OH is 1. The van der Waals surface area contributed by atoms with Crippen molar-refractivity contribution in [3.05, 3.63) is 35.7 Å². The minimum absolute atomic E-state index is 0.116. The number of halogens is 1. The Kier molecular flexibility index (Phi) is 7.80. The van der Waals surface area contributed by atoms with Crippen molar-refractivity contribution >= 4 is 21.9 Å². The van der Waals surface area contributed by atoms with Crippen molar-refractivity contribution in [1.29, 1.82) is 0 Å². The molecule has 0 amide bonds. The van der Waals surface area contributed by atoms with Crippen molar-refractivity contribution in [1.82, 2.24) is 19.9 Å². The molecular formula is C18H27FN6O3S. The molecule has 3 N–H and O–H groups in total. The highest BCUT2D eigenvalue weighted by molar-refractivity contribution is 7.91. The van der Waals surface area contributed by atoms with Crippen LogP contribution < -0.4 is 10.0 Å². The van der Waals surface area contributed by atoms with Gasteiger partial charge >= 0.3 is 0 Å². The van der Waals surface area contributed by atoms with Crippen LogP contribution >= 0.6 is 0 Å². The highest BCUT2D eigenvalue weighted by Crippen LogP contribution is 2.20. The molecule has 0 aliphatic carbocycles. The summed E-state index contributed by atoms with van der Waals surface area (Å²) in [7, 11) is -3.59. The largest absolute Gasteiger partial charge is 0.394 e. The first-order chi connectivity index (χ1) is 13.6. The average molecular weight is 427 g/mol. The third-order valence-corrected chi connectivity index (χ3v) is 4.63. The molecule has 0 aliphatic heterocycles. The lowest BCUT2D eigenvalue weighted by Crippen LogP contribution is -2.27. The van der Waals surface area contributed by atoms with E-state index in [1.165, 1.54) is 12.3 Å². The summed E-state index contributed by atoms with van der Waals surface area (Å²) < 4.78 is 38.9. The molecule has 0 radical (unpaired) electrons. The summed E-state index contributed by atoms with van der Waals surface area (Å²) in [5.41, 5.74) is 0.720. The molecule has 0 spiro atoms. The van der Waals surface area contributed by atoms with Gasteiger partial charge in [-0.2, -0.15) is 19.3 Å². The van der Waals surface area contributed by atoms with Gasteiger partial charge in [0.25, 0.3) is 0 Å². The van der Waals surface area contributed by atoms with Crippen LogP contribution in [-0.4, -0.2) is 52.4 Å². The Hall–Kier alpha value is -2.40. The number of sulfonamides is 1. The summed E-state index contributed by atoms with van der Waals surface area (Å²) in [6.45, 7) is 5.80. The molecule has 0 bridgehead atoms. The molecule has 2 heterocycles. The molecule has 9 nitrogen and oxygen atoms in total. The maximum Gasteiger partial charge on any atom is 0.241 e. The van der Waals surface area contributed by atoms with Gasteiger partial charge < -0.3 is 10.4 Å². The van der Waals surface area contributed by atoms with Crippen molar-refractivity contribution in [3.8, 4) is 0 Å². The Labute approximate surface area is 170 Å². The minimum atomic E-state index is -3.59. The number of aliphatic hydroxyl groups is 1. The van der Waals surface area contributed by atoms with E-state index in [1.807, 2.05) is 20.8 Å². The van der Waals surface area contributed by atoms with E-state index in [1.54, 1.807) is 6.07 Å². The molecule has 0 saturated carbocycles. The summed E-state index contributed by atoms with van der Waals surface area (Å²) in [6, 6.07) is 2.75. The smallest absolute Gasteiger partial charge is 0.241 e. The summed E-state index contributed by atoms with van der Waals surface area (Å²) in [6.07, 6.45) is 3.39. The molecule has 11 heteroatoms. The van der Waals surface area contributed by atoms with Gasteiger partial charge in [-0.1, -0.05) is 20.8 Å². The van der Waals surface area contributed by atoms with Gasteiger partial charge in [0, 0.05) is 12.6 Å². The number of anilines is 2. The van der Waals surface area contributed by atoms with Gasteiger partial charge in [-0.15, -0.1) is 0 Å². The lowest BCUT2D eigenvalue weighted by molar-refractivity contribution is 0.259. The topological polar surface area (TPSA) is 130 Å². The van der Waals surface area contributed by atoms with Gasteiger partial charge in [0.05, 0.1) is 18.9 Å². The van der Waals surface area contributed by atoms with Crippen LogP contribution in [0, 0.1) is 11.9 Å². The minimum Gasteiger partial charge on any atom is -0.394 e. The zero-order valence-electron chi connectivity index (χ0n) is 16.9. The van der Waals surface area contributed by atoms with Gasteiger partial charge in [-0.05, 0) is 36.0 Å². The first-order valence-corrected chi connectivity index (χ1v) is 11.2. The molecular weight excluding hydrogens is 399 g/mol. The van der Waals surface area contributed by atoms with Gasteiger partial charge in [0.2, 0.25) is 27.9 Å². The molecule has 0 saturated heterocycles. The highest BCUT2D eigenvalue weighted by Gasteiger charge is 2.17. The molecule has 0 aromatic carbocycles. The molecule has 0 aliphatic rings. The molecule has 2 aromatic rings. The summed E-state index contributed by atoms with van der Waals surface area (Å²) in [5, 5.41) is 12.6. The molecule has 0 unspecified atom stereocenters. The molecule has 0 fully saturated rings. The molecule has 160 valence electrons. The lowest BCUT2D eigenvalue weighted by atomic mass is 9.98. The number of rotatable bonds is 10. The summed E-state index contributed by atoms with van der Waals surface area (Å²) in [4.78, 5) is 16.2. The van der Waals surface area contributed by atoms with Crippen LogP contribution in [0.15, 0.2) is 18.3 Å². The number of nitrogens with zero attached hydrogens (tertiary/aromatic N) is 4. The van der Waals surface area contributed by atoms with E-state index in [4.69, 9.17) is 0 Å². The van der Waals surface area contributed by atoms with E-state index in [0.717, 1.165) is 11.8 Å². The van der Waals surface area contributed by atoms with Crippen molar-refractivity contribution in [3.63, 3.8) is 0 Å². The van der Waals surface area contributed by atoms with E-state index < -0.39 is 16.0 Å². The number of hydrogen-bond donors (Lipinski definition) is 3. The standard InChI is InChI=1S/C18H27FN6O3S/c1-11(2)7-14(10-26)21-17-22-16(23-18(24-17)25-29(4,27)28)8-12(3)13-5-6-20-15(19)9-13/h5-6,9,11-12,14,26H,7-8,10H2,1-4H3,(H2,21,22,23,24,25)/t12-,14-/m1/s1. The first-order valence-electron chi connectivity index (χ1n) is 9.27. The maximum atomic E-state index is 13.4. The van der Waals surface area contributed by atoms with Crippen LogP contribution in [0.4, 0.5) is 16.3 Å². The summed E-state index contributed by atoms with van der Waals surface area (Å²) in [5.74, 6) is -0.0107.